The quantitative estimate of drug-likeness (QED) is 0.807. The Labute approximate surface area is 161 Å². The Morgan fingerprint density at radius 3 is 2.44 bits per heavy atom. The fraction of sp³-hybridized carbons (Fsp3) is 0.800. The second-order valence-electron chi connectivity index (χ2n) is 9.19. The van der Waals surface area contributed by atoms with E-state index in [1.165, 1.54) is 25.7 Å². The maximum Gasteiger partial charge on any atom is 0.225 e. The van der Waals surface area contributed by atoms with Gasteiger partial charge in [-0.05, 0) is 18.8 Å². The van der Waals surface area contributed by atoms with Crippen LogP contribution in [-0.4, -0.2) is 62.6 Å². The third-order valence-corrected chi connectivity index (χ3v) is 6.81. The van der Waals surface area contributed by atoms with Crippen molar-refractivity contribution in [1.29, 1.82) is 0 Å². The lowest BCUT2D eigenvalue weighted by molar-refractivity contribution is -0.145. The van der Waals surface area contributed by atoms with Crippen LogP contribution in [0.25, 0.3) is 0 Å². The minimum absolute atomic E-state index is 0.0134. The zero-order chi connectivity index (χ0) is 19.2. The number of carbonyl (C=O) groups excluding carboxylic acids is 2. The third kappa shape index (κ3) is 3.25. The van der Waals surface area contributed by atoms with E-state index in [1.807, 2.05) is 35.3 Å². The lowest BCUT2D eigenvalue weighted by Crippen LogP contribution is -2.62. The molecule has 3 fully saturated rings. The lowest BCUT2D eigenvalue weighted by Gasteiger charge is -2.50. The molecule has 1 unspecified atom stereocenters. The van der Waals surface area contributed by atoms with Crippen LogP contribution in [0.5, 0.6) is 0 Å². The minimum Gasteiger partial charge on any atom is -0.341 e. The van der Waals surface area contributed by atoms with Gasteiger partial charge < -0.3 is 14.4 Å². The van der Waals surface area contributed by atoms with Crippen LogP contribution in [0.15, 0.2) is 6.33 Å². The summed E-state index contributed by atoms with van der Waals surface area (Å²) in [6, 6.07) is 0. The monoisotopic (exact) mass is 373 g/mol. The zero-order valence-corrected chi connectivity index (χ0v) is 16.7. The molecule has 7 heteroatoms. The number of carbonyl (C=O) groups is 2. The fourth-order valence-electron chi connectivity index (χ4n) is 5.27. The van der Waals surface area contributed by atoms with Gasteiger partial charge in [-0.25, -0.2) is 0 Å². The van der Waals surface area contributed by atoms with Crippen molar-refractivity contribution in [3.8, 4) is 0 Å². The molecular formula is C20H31N5O2. The number of aromatic nitrogens is 3. The number of hydrogen-bond donors (Lipinski definition) is 0. The summed E-state index contributed by atoms with van der Waals surface area (Å²) in [4.78, 5) is 29.3. The van der Waals surface area contributed by atoms with Crippen LogP contribution in [0.1, 0.15) is 57.7 Å². The highest BCUT2D eigenvalue weighted by Gasteiger charge is 2.58. The van der Waals surface area contributed by atoms with Gasteiger partial charge in [-0.2, -0.15) is 0 Å². The molecule has 4 rings (SSSR count). The van der Waals surface area contributed by atoms with E-state index in [0.29, 0.717) is 18.9 Å². The molecule has 0 N–H and O–H groups in total. The van der Waals surface area contributed by atoms with E-state index in [-0.39, 0.29) is 29.1 Å². The van der Waals surface area contributed by atoms with Crippen molar-refractivity contribution in [3.05, 3.63) is 12.2 Å². The van der Waals surface area contributed by atoms with Gasteiger partial charge in [0.05, 0.1) is 0 Å². The summed E-state index contributed by atoms with van der Waals surface area (Å²) in [5.74, 6) is 2.11. The maximum atomic E-state index is 12.7. The topological polar surface area (TPSA) is 71.3 Å². The molecule has 0 radical (unpaired) electrons. The van der Waals surface area contributed by atoms with Gasteiger partial charge in [0.1, 0.15) is 12.2 Å². The van der Waals surface area contributed by atoms with Crippen LogP contribution in [0.3, 0.4) is 0 Å². The number of likely N-dealkylation sites (tertiary alicyclic amines) is 2. The van der Waals surface area contributed by atoms with Crippen LogP contribution in [0.4, 0.5) is 0 Å². The average Bonchev–Trinajstić information content (AvgIpc) is 3.31. The molecule has 7 nitrogen and oxygen atoms in total. The first-order valence-corrected chi connectivity index (χ1v) is 10.3. The number of hydrogen-bond acceptors (Lipinski definition) is 4. The molecule has 2 amide bonds. The highest BCUT2D eigenvalue weighted by molar-refractivity contribution is 5.80. The zero-order valence-electron chi connectivity index (χ0n) is 16.7. The van der Waals surface area contributed by atoms with Gasteiger partial charge in [0.2, 0.25) is 11.8 Å². The Kier molecular flexibility index (Phi) is 4.72. The van der Waals surface area contributed by atoms with Crippen molar-refractivity contribution in [1.82, 2.24) is 24.6 Å². The van der Waals surface area contributed by atoms with E-state index in [9.17, 15) is 9.59 Å². The first-order valence-electron chi connectivity index (χ1n) is 10.3. The molecular weight excluding hydrogens is 342 g/mol. The first kappa shape index (κ1) is 18.4. The van der Waals surface area contributed by atoms with E-state index in [2.05, 4.69) is 10.2 Å². The second-order valence-corrected chi connectivity index (χ2v) is 9.19. The van der Waals surface area contributed by atoms with Gasteiger partial charge in [0, 0.05) is 56.9 Å². The van der Waals surface area contributed by atoms with Crippen LogP contribution >= 0.6 is 0 Å². The molecule has 27 heavy (non-hydrogen) atoms. The van der Waals surface area contributed by atoms with Crippen LogP contribution in [0, 0.1) is 17.3 Å². The molecule has 1 atom stereocenters. The van der Waals surface area contributed by atoms with Gasteiger partial charge in [-0.1, -0.05) is 26.7 Å². The summed E-state index contributed by atoms with van der Waals surface area (Å²) in [6.07, 6.45) is 7.34. The van der Waals surface area contributed by atoms with Gasteiger partial charge in [0.15, 0.2) is 0 Å². The van der Waals surface area contributed by atoms with Crippen LogP contribution in [0.2, 0.25) is 0 Å². The minimum atomic E-state index is -0.0727. The molecule has 0 aromatic carbocycles. The number of nitrogens with zero attached hydrogens (tertiary/aromatic N) is 5. The Hall–Kier alpha value is -1.92. The van der Waals surface area contributed by atoms with Crippen molar-refractivity contribution in [3.63, 3.8) is 0 Å². The average molecular weight is 374 g/mol. The van der Waals surface area contributed by atoms with Crippen molar-refractivity contribution in [2.75, 3.05) is 26.2 Å². The van der Waals surface area contributed by atoms with Gasteiger partial charge >= 0.3 is 0 Å². The molecule has 1 aliphatic carbocycles. The maximum absolute atomic E-state index is 12.7. The molecule has 3 aliphatic rings. The van der Waals surface area contributed by atoms with Gasteiger partial charge in [-0.3, -0.25) is 9.59 Å². The summed E-state index contributed by atoms with van der Waals surface area (Å²) >= 11 is 0. The lowest BCUT2D eigenvalue weighted by atomic mass is 9.71. The van der Waals surface area contributed by atoms with Crippen molar-refractivity contribution >= 4 is 11.8 Å². The highest BCUT2D eigenvalue weighted by Crippen LogP contribution is 2.49. The van der Waals surface area contributed by atoms with Crippen molar-refractivity contribution in [2.45, 2.75) is 51.9 Å². The third-order valence-electron chi connectivity index (χ3n) is 6.81. The van der Waals surface area contributed by atoms with Gasteiger partial charge in [-0.15, -0.1) is 10.2 Å². The summed E-state index contributed by atoms with van der Waals surface area (Å²) in [7, 11) is 1.96. The van der Waals surface area contributed by atoms with E-state index in [4.69, 9.17) is 0 Å². The summed E-state index contributed by atoms with van der Waals surface area (Å²) < 4.78 is 1.96. The van der Waals surface area contributed by atoms with Crippen molar-refractivity contribution in [2.24, 2.45) is 24.3 Å². The Balaban J connectivity index is 1.48. The molecule has 1 saturated carbocycles. The predicted octanol–water partition coefficient (Wildman–Crippen LogP) is 1.81. The van der Waals surface area contributed by atoms with Crippen LogP contribution < -0.4 is 0 Å². The predicted molar refractivity (Wildman–Crippen MR) is 101 cm³/mol. The largest absolute Gasteiger partial charge is 0.341 e. The molecule has 3 heterocycles. The van der Waals surface area contributed by atoms with E-state index < -0.39 is 0 Å². The number of amides is 2. The fourth-order valence-corrected chi connectivity index (χ4v) is 5.27. The molecule has 0 bridgehead atoms. The summed E-state index contributed by atoms with van der Waals surface area (Å²) in [6.45, 7) is 6.75. The molecule has 1 aromatic rings. The number of aryl methyl sites for hydroxylation is 1. The normalized spacial score (nSPS) is 24.8. The Bertz CT molecular complexity index is 716. The van der Waals surface area contributed by atoms with E-state index in [1.54, 1.807) is 6.33 Å². The SMILES string of the molecule is CC(C)C(=O)N1CC(c2nncn2C)C2(CN(C(=O)CC3CCCC3)C2)C1. The van der Waals surface area contributed by atoms with E-state index in [0.717, 1.165) is 25.5 Å². The highest BCUT2D eigenvalue weighted by atomic mass is 16.2. The van der Waals surface area contributed by atoms with E-state index >= 15 is 0 Å². The second kappa shape index (κ2) is 6.91. The van der Waals surface area contributed by atoms with Crippen molar-refractivity contribution < 1.29 is 9.59 Å². The smallest absolute Gasteiger partial charge is 0.225 e. The number of rotatable bonds is 4. The standard InChI is InChI=1S/C20H31N5O2/c1-14(2)19(27)24-9-16(18-22-21-13-23(18)3)20(10-24)11-25(12-20)17(26)8-15-6-4-5-7-15/h13-16H,4-12H2,1-3H3. The Morgan fingerprint density at radius 1 is 1.19 bits per heavy atom. The molecule has 2 aliphatic heterocycles. The molecule has 148 valence electrons. The molecule has 1 aromatic heterocycles. The molecule has 1 spiro atoms. The summed E-state index contributed by atoms with van der Waals surface area (Å²) in [5, 5.41) is 8.39. The van der Waals surface area contributed by atoms with Gasteiger partial charge in [0.25, 0.3) is 0 Å². The van der Waals surface area contributed by atoms with Crippen LogP contribution in [-0.2, 0) is 16.6 Å². The summed E-state index contributed by atoms with van der Waals surface area (Å²) in [5.41, 5.74) is -0.0727. The Morgan fingerprint density at radius 2 is 1.85 bits per heavy atom. The first-order chi connectivity index (χ1) is 12.9. The molecule has 2 saturated heterocycles.